The van der Waals surface area contributed by atoms with Gasteiger partial charge in [0.2, 0.25) is 5.91 Å². The van der Waals surface area contributed by atoms with Crippen LogP contribution in [0.15, 0.2) is 0 Å². The van der Waals surface area contributed by atoms with Crippen LogP contribution in [0, 0.1) is 12.3 Å². The van der Waals surface area contributed by atoms with Gasteiger partial charge in [-0.2, -0.15) is 0 Å². The van der Waals surface area contributed by atoms with E-state index in [-0.39, 0.29) is 5.91 Å². The van der Waals surface area contributed by atoms with Crippen LogP contribution in [0.25, 0.3) is 0 Å². The normalized spacial score (nSPS) is 24.1. The number of terminal acetylenes is 1. The SMILES string of the molecule is C#CCC(N)C(=O)N1CCCCC1C. The lowest BCUT2D eigenvalue weighted by atomic mass is 10.0. The van der Waals surface area contributed by atoms with E-state index in [1.54, 1.807) is 0 Å². The molecule has 78 valence electrons. The van der Waals surface area contributed by atoms with Crippen LogP contribution in [0.5, 0.6) is 0 Å². The molecule has 3 nitrogen and oxygen atoms in total. The van der Waals surface area contributed by atoms with E-state index in [1.807, 2.05) is 4.90 Å². The van der Waals surface area contributed by atoms with Crippen molar-refractivity contribution in [2.75, 3.05) is 6.54 Å². The summed E-state index contributed by atoms with van der Waals surface area (Å²) >= 11 is 0. The summed E-state index contributed by atoms with van der Waals surface area (Å²) in [7, 11) is 0. The summed E-state index contributed by atoms with van der Waals surface area (Å²) in [6.07, 6.45) is 8.83. The average Bonchev–Trinajstić information content (AvgIpc) is 2.18. The van der Waals surface area contributed by atoms with Crippen LogP contribution in [-0.2, 0) is 4.79 Å². The van der Waals surface area contributed by atoms with Crippen molar-refractivity contribution in [2.24, 2.45) is 5.73 Å². The van der Waals surface area contributed by atoms with Gasteiger partial charge >= 0.3 is 0 Å². The van der Waals surface area contributed by atoms with E-state index < -0.39 is 6.04 Å². The van der Waals surface area contributed by atoms with Gasteiger partial charge < -0.3 is 10.6 Å². The molecule has 1 rings (SSSR count). The first-order valence-electron chi connectivity index (χ1n) is 5.16. The number of carbonyl (C=O) groups excluding carboxylic acids is 1. The Labute approximate surface area is 85.6 Å². The third-order valence-corrected chi connectivity index (χ3v) is 2.74. The van der Waals surface area contributed by atoms with Gasteiger partial charge in [-0.15, -0.1) is 12.3 Å². The van der Waals surface area contributed by atoms with Crippen molar-refractivity contribution in [1.29, 1.82) is 0 Å². The number of hydrogen-bond acceptors (Lipinski definition) is 2. The summed E-state index contributed by atoms with van der Waals surface area (Å²) < 4.78 is 0. The zero-order valence-corrected chi connectivity index (χ0v) is 8.70. The van der Waals surface area contributed by atoms with Crippen molar-refractivity contribution in [3.63, 3.8) is 0 Å². The number of carbonyl (C=O) groups is 1. The van der Waals surface area contributed by atoms with Gasteiger partial charge in [0.25, 0.3) is 0 Å². The van der Waals surface area contributed by atoms with Crippen molar-refractivity contribution in [3.8, 4) is 12.3 Å². The van der Waals surface area contributed by atoms with Crippen LogP contribution in [0.4, 0.5) is 0 Å². The standard InChI is InChI=1S/C11H18N2O/c1-3-6-10(12)11(14)13-8-5-4-7-9(13)2/h1,9-10H,4-8,12H2,2H3. The highest BCUT2D eigenvalue weighted by Gasteiger charge is 2.26. The summed E-state index contributed by atoms with van der Waals surface area (Å²) in [6.45, 7) is 2.90. The Morgan fingerprint density at radius 2 is 2.43 bits per heavy atom. The first-order valence-corrected chi connectivity index (χ1v) is 5.16. The molecule has 1 fully saturated rings. The fourth-order valence-corrected chi connectivity index (χ4v) is 1.85. The fraction of sp³-hybridized carbons (Fsp3) is 0.727. The minimum absolute atomic E-state index is 0.00940. The molecule has 1 aliphatic heterocycles. The molecule has 2 atom stereocenters. The number of nitrogens with two attached hydrogens (primary N) is 1. The average molecular weight is 194 g/mol. The molecule has 0 aliphatic carbocycles. The number of nitrogens with zero attached hydrogens (tertiary/aromatic N) is 1. The molecule has 1 saturated heterocycles. The first kappa shape index (κ1) is 11.1. The lowest BCUT2D eigenvalue weighted by Gasteiger charge is -2.34. The number of rotatable bonds is 2. The second kappa shape index (κ2) is 5.02. The molecular weight excluding hydrogens is 176 g/mol. The van der Waals surface area contributed by atoms with Crippen molar-refractivity contribution in [2.45, 2.75) is 44.7 Å². The van der Waals surface area contributed by atoms with Crippen LogP contribution < -0.4 is 5.73 Å². The Morgan fingerprint density at radius 3 is 3.00 bits per heavy atom. The van der Waals surface area contributed by atoms with Gasteiger partial charge in [0, 0.05) is 19.0 Å². The molecule has 1 amide bonds. The Kier molecular flexibility index (Phi) is 3.97. The summed E-state index contributed by atoms with van der Waals surface area (Å²) in [5.41, 5.74) is 5.69. The van der Waals surface area contributed by atoms with Crippen LogP contribution >= 0.6 is 0 Å². The maximum atomic E-state index is 11.8. The highest BCUT2D eigenvalue weighted by Crippen LogP contribution is 2.17. The van der Waals surface area contributed by atoms with Crippen LogP contribution in [0.2, 0.25) is 0 Å². The molecule has 0 aromatic rings. The van der Waals surface area contributed by atoms with Gasteiger partial charge in [0.15, 0.2) is 0 Å². The van der Waals surface area contributed by atoms with E-state index >= 15 is 0 Å². The van der Waals surface area contributed by atoms with Crippen LogP contribution in [0.1, 0.15) is 32.6 Å². The molecule has 0 spiro atoms. The van der Waals surface area contributed by atoms with Gasteiger partial charge in [-0.25, -0.2) is 0 Å². The maximum absolute atomic E-state index is 11.8. The predicted molar refractivity (Wildman–Crippen MR) is 56.5 cm³/mol. The second-order valence-electron chi connectivity index (χ2n) is 3.89. The zero-order chi connectivity index (χ0) is 10.6. The fourth-order valence-electron chi connectivity index (χ4n) is 1.85. The second-order valence-corrected chi connectivity index (χ2v) is 3.89. The van der Waals surface area contributed by atoms with E-state index in [2.05, 4.69) is 12.8 Å². The van der Waals surface area contributed by atoms with Gasteiger partial charge in [-0.05, 0) is 26.2 Å². The quantitative estimate of drug-likeness (QED) is 0.659. The van der Waals surface area contributed by atoms with Crippen molar-refractivity contribution < 1.29 is 4.79 Å². The van der Waals surface area contributed by atoms with E-state index in [0.717, 1.165) is 19.4 Å². The summed E-state index contributed by atoms with van der Waals surface area (Å²) in [5, 5.41) is 0. The smallest absolute Gasteiger partial charge is 0.240 e. The molecule has 0 radical (unpaired) electrons. The molecule has 0 aromatic carbocycles. The van der Waals surface area contributed by atoms with Gasteiger partial charge in [0.1, 0.15) is 0 Å². The minimum Gasteiger partial charge on any atom is -0.339 e. The van der Waals surface area contributed by atoms with Crippen molar-refractivity contribution >= 4 is 5.91 Å². The van der Waals surface area contributed by atoms with Gasteiger partial charge in [0.05, 0.1) is 6.04 Å². The minimum atomic E-state index is -0.513. The lowest BCUT2D eigenvalue weighted by Crippen LogP contribution is -2.49. The Hall–Kier alpha value is -1.01. The van der Waals surface area contributed by atoms with Crippen LogP contribution in [0.3, 0.4) is 0 Å². The van der Waals surface area contributed by atoms with Crippen molar-refractivity contribution in [1.82, 2.24) is 4.90 Å². The molecular formula is C11H18N2O. The Bertz CT molecular complexity index is 244. The molecule has 1 heterocycles. The summed E-state index contributed by atoms with van der Waals surface area (Å²) in [6, 6.07) is -0.194. The summed E-state index contributed by atoms with van der Waals surface area (Å²) in [5.74, 6) is 2.44. The molecule has 2 unspecified atom stereocenters. The third kappa shape index (κ3) is 2.49. The number of amides is 1. The molecule has 0 saturated carbocycles. The zero-order valence-electron chi connectivity index (χ0n) is 8.70. The van der Waals surface area contributed by atoms with E-state index in [0.29, 0.717) is 12.5 Å². The van der Waals surface area contributed by atoms with Crippen LogP contribution in [-0.4, -0.2) is 29.4 Å². The Balaban J connectivity index is 2.54. The number of hydrogen-bond donors (Lipinski definition) is 1. The van der Waals surface area contributed by atoms with Crippen molar-refractivity contribution in [3.05, 3.63) is 0 Å². The molecule has 3 heteroatoms. The van der Waals surface area contributed by atoms with E-state index in [1.165, 1.54) is 6.42 Å². The van der Waals surface area contributed by atoms with Gasteiger partial charge in [-0.3, -0.25) is 4.79 Å². The third-order valence-electron chi connectivity index (χ3n) is 2.74. The molecule has 0 bridgehead atoms. The largest absolute Gasteiger partial charge is 0.339 e. The maximum Gasteiger partial charge on any atom is 0.240 e. The van der Waals surface area contributed by atoms with E-state index in [4.69, 9.17) is 12.2 Å². The lowest BCUT2D eigenvalue weighted by molar-refractivity contribution is -0.135. The number of likely N-dealkylation sites (tertiary alicyclic amines) is 1. The first-order chi connectivity index (χ1) is 6.66. The number of piperidine rings is 1. The predicted octanol–water partition coefficient (Wildman–Crippen LogP) is 0.738. The van der Waals surface area contributed by atoms with Gasteiger partial charge in [-0.1, -0.05) is 0 Å². The molecule has 1 aliphatic rings. The highest BCUT2D eigenvalue weighted by molar-refractivity contribution is 5.82. The topological polar surface area (TPSA) is 46.3 Å². The molecule has 0 aromatic heterocycles. The monoisotopic (exact) mass is 194 g/mol. The molecule has 14 heavy (non-hydrogen) atoms. The Morgan fingerprint density at radius 1 is 1.71 bits per heavy atom. The summed E-state index contributed by atoms with van der Waals surface area (Å²) in [4.78, 5) is 13.7. The molecule has 2 N–H and O–H groups in total. The highest BCUT2D eigenvalue weighted by atomic mass is 16.2. The van der Waals surface area contributed by atoms with E-state index in [9.17, 15) is 4.79 Å².